The highest BCUT2D eigenvalue weighted by Gasteiger charge is 2.23. The third-order valence-corrected chi connectivity index (χ3v) is 1.19. The monoisotopic (exact) mass is 131 g/mol. The lowest BCUT2D eigenvalue weighted by molar-refractivity contribution is -0.159. The van der Waals surface area contributed by atoms with E-state index in [2.05, 4.69) is 4.74 Å². The zero-order chi connectivity index (χ0) is 6.85. The van der Waals surface area contributed by atoms with Crippen LogP contribution in [0.1, 0.15) is 12.8 Å². The van der Waals surface area contributed by atoms with E-state index in [1.165, 1.54) is 0 Å². The summed E-state index contributed by atoms with van der Waals surface area (Å²) in [6.07, 6.45) is -0.790. The van der Waals surface area contributed by atoms with Crippen LogP contribution in [0.4, 0.5) is 0 Å². The fourth-order valence-electron chi connectivity index (χ4n) is 0.809. The van der Waals surface area contributed by atoms with Gasteiger partial charge in [0.1, 0.15) is 0 Å². The lowest BCUT2D eigenvalue weighted by Crippen LogP contribution is -2.37. The summed E-state index contributed by atoms with van der Waals surface area (Å²) in [4.78, 5) is 10.4. The molecule has 0 aromatic heterocycles. The van der Waals surface area contributed by atoms with Gasteiger partial charge < -0.3 is 9.84 Å². The average Bonchev–Trinajstić information content (AvgIpc) is 1.59. The number of hydrogen-bond donors (Lipinski definition) is 2. The van der Waals surface area contributed by atoms with Crippen LogP contribution in [0.3, 0.4) is 0 Å². The van der Waals surface area contributed by atoms with Crippen LogP contribution in [0.2, 0.25) is 0 Å². The summed E-state index contributed by atoms with van der Waals surface area (Å²) < 4.78 is 4.54. The second-order valence-corrected chi connectivity index (χ2v) is 2.12. The Labute approximate surface area is 52.6 Å². The number of ether oxygens (including phenoxy) is 1. The maximum absolute atomic E-state index is 10.4. The predicted octanol–water partition coefficient (Wildman–Crippen LogP) is -1.03. The van der Waals surface area contributed by atoms with Gasteiger partial charge in [-0.15, -0.1) is 0 Å². The van der Waals surface area contributed by atoms with Crippen molar-refractivity contribution in [3.8, 4) is 0 Å². The van der Waals surface area contributed by atoms with Gasteiger partial charge in [0.2, 0.25) is 0 Å². The van der Waals surface area contributed by atoms with Crippen molar-refractivity contribution >= 4 is 5.97 Å². The Morgan fingerprint density at radius 3 is 2.89 bits per heavy atom. The molecular formula is C5H9NO3. The molecule has 1 heterocycles. The first kappa shape index (κ1) is 6.51. The minimum atomic E-state index is -0.610. The molecule has 1 aliphatic rings. The molecule has 2 atom stereocenters. The van der Waals surface area contributed by atoms with E-state index in [1.807, 2.05) is 0 Å². The maximum atomic E-state index is 10.4. The van der Waals surface area contributed by atoms with Crippen LogP contribution in [-0.4, -0.2) is 23.4 Å². The quantitative estimate of drug-likeness (QED) is 0.412. The number of hydrogen-bond acceptors (Lipinski definition) is 4. The standard InChI is InChI=1S/C5H9NO3/c6-4-1-3(7)2-5(8)9-4/h3-4,7H,1-2,6H2. The summed E-state index contributed by atoms with van der Waals surface area (Å²) >= 11 is 0. The highest BCUT2D eigenvalue weighted by atomic mass is 16.6. The van der Waals surface area contributed by atoms with Crippen LogP contribution in [-0.2, 0) is 9.53 Å². The minimum Gasteiger partial charge on any atom is -0.447 e. The fourth-order valence-corrected chi connectivity index (χ4v) is 0.809. The molecule has 0 aliphatic carbocycles. The summed E-state index contributed by atoms with van der Waals surface area (Å²) in [6.45, 7) is 0. The zero-order valence-corrected chi connectivity index (χ0v) is 4.91. The molecule has 1 rings (SSSR count). The summed E-state index contributed by atoms with van der Waals surface area (Å²) in [5.41, 5.74) is 5.21. The molecule has 2 unspecified atom stereocenters. The number of cyclic esters (lactones) is 1. The van der Waals surface area contributed by atoms with Gasteiger partial charge in [-0.2, -0.15) is 0 Å². The van der Waals surface area contributed by atoms with E-state index in [4.69, 9.17) is 10.8 Å². The Morgan fingerprint density at radius 2 is 2.44 bits per heavy atom. The van der Waals surface area contributed by atoms with Crippen molar-refractivity contribution in [1.29, 1.82) is 0 Å². The molecule has 4 nitrogen and oxygen atoms in total. The van der Waals surface area contributed by atoms with Crippen LogP contribution in [0.15, 0.2) is 0 Å². The number of aliphatic hydroxyl groups is 1. The van der Waals surface area contributed by atoms with Crippen molar-refractivity contribution in [3.05, 3.63) is 0 Å². The normalized spacial score (nSPS) is 36.0. The van der Waals surface area contributed by atoms with Gasteiger partial charge in [0, 0.05) is 6.42 Å². The van der Waals surface area contributed by atoms with Gasteiger partial charge in [-0.25, -0.2) is 0 Å². The molecule has 1 saturated heterocycles. The van der Waals surface area contributed by atoms with Gasteiger partial charge in [-0.3, -0.25) is 10.5 Å². The predicted molar refractivity (Wildman–Crippen MR) is 29.3 cm³/mol. The van der Waals surface area contributed by atoms with Gasteiger partial charge in [0.25, 0.3) is 0 Å². The van der Waals surface area contributed by atoms with Gasteiger partial charge in [-0.05, 0) is 0 Å². The van der Waals surface area contributed by atoms with E-state index in [0.29, 0.717) is 6.42 Å². The average molecular weight is 131 g/mol. The number of carbonyl (C=O) groups is 1. The third kappa shape index (κ3) is 1.65. The van der Waals surface area contributed by atoms with E-state index < -0.39 is 18.3 Å². The largest absolute Gasteiger partial charge is 0.447 e. The first-order valence-electron chi connectivity index (χ1n) is 2.81. The molecule has 9 heavy (non-hydrogen) atoms. The molecule has 0 saturated carbocycles. The number of esters is 1. The van der Waals surface area contributed by atoms with E-state index in [-0.39, 0.29) is 6.42 Å². The Hall–Kier alpha value is -0.610. The van der Waals surface area contributed by atoms with E-state index in [9.17, 15) is 4.79 Å². The van der Waals surface area contributed by atoms with E-state index >= 15 is 0 Å². The van der Waals surface area contributed by atoms with Crippen molar-refractivity contribution in [1.82, 2.24) is 0 Å². The van der Waals surface area contributed by atoms with Crippen LogP contribution in [0, 0.1) is 0 Å². The third-order valence-electron chi connectivity index (χ3n) is 1.19. The molecule has 52 valence electrons. The van der Waals surface area contributed by atoms with Gasteiger partial charge >= 0.3 is 5.97 Å². The molecule has 0 radical (unpaired) electrons. The molecule has 4 heteroatoms. The minimum absolute atomic E-state index is 0.0771. The van der Waals surface area contributed by atoms with E-state index in [0.717, 1.165) is 0 Å². The summed E-state index contributed by atoms with van der Waals surface area (Å²) in [5, 5.41) is 8.87. The maximum Gasteiger partial charge on any atom is 0.309 e. The second kappa shape index (κ2) is 2.33. The SMILES string of the molecule is NC1CC(O)CC(=O)O1. The smallest absolute Gasteiger partial charge is 0.309 e. The van der Waals surface area contributed by atoms with Crippen molar-refractivity contribution < 1.29 is 14.6 Å². The van der Waals surface area contributed by atoms with Crippen molar-refractivity contribution in [2.24, 2.45) is 5.73 Å². The fraction of sp³-hybridized carbons (Fsp3) is 0.800. The lowest BCUT2D eigenvalue weighted by atomic mass is 10.1. The molecule has 0 aromatic carbocycles. The molecule has 1 fully saturated rings. The van der Waals surface area contributed by atoms with Crippen molar-refractivity contribution in [2.75, 3.05) is 0 Å². The molecule has 0 spiro atoms. The molecule has 3 N–H and O–H groups in total. The Kier molecular flexibility index (Phi) is 1.68. The molecule has 0 aromatic rings. The lowest BCUT2D eigenvalue weighted by Gasteiger charge is -2.21. The van der Waals surface area contributed by atoms with Crippen LogP contribution in [0.5, 0.6) is 0 Å². The molecule has 0 amide bonds. The first-order valence-corrected chi connectivity index (χ1v) is 2.81. The number of carbonyl (C=O) groups excluding carboxylic acids is 1. The van der Waals surface area contributed by atoms with Crippen molar-refractivity contribution in [2.45, 2.75) is 25.2 Å². The topological polar surface area (TPSA) is 72.5 Å². The molecular weight excluding hydrogens is 122 g/mol. The number of nitrogens with two attached hydrogens (primary N) is 1. The second-order valence-electron chi connectivity index (χ2n) is 2.12. The zero-order valence-electron chi connectivity index (χ0n) is 4.91. The van der Waals surface area contributed by atoms with Crippen LogP contribution < -0.4 is 5.73 Å². The van der Waals surface area contributed by atoms with Gasteiger partial charge in [-0.1, -0.05) is 0 Å². The Morgan fingerprint density at radius 1 is 1.78 bits per heavy atom. The molecule has 0 bridgehead atoms. The Balaban J connectivity index is 2.43. The van der Waals surface area contributed by atoms with Crippen molar-refractivity contribution in [3.63, 3.8) is 0 Å². The molecule has 1 aliphatic heterocycles. The number of rotatable bonds is 0. The van der Waals surface area contributed by atoms with Crippen LogP contribution in [0.25, 0.3) is 0 Å². The highest BCUT2D eigenvalue weighted by Crippen LogP contribution is 2.10. The van der Waals surface area contributed by atoms with Gasteiger partial charge in [0.15, 0.2) is 6.23 Å². The summed E-state index contributed by atoms with van der Waals surface area (Å²) in [5.74, 6) is -0.416. The summed E-state index contributed by atoms with van der Waals surface area (Å²) in [7, 11) is 0. The highest BCUT2D eigenvalue weighted by molar-refractivity contribution is 5.70. The Bertz CT molecular complexity index is 113. The first-order chi connectivity index (χ1) is 4.18. The van der Waals surface area contributed by atoms with Gasteiger partial charge in [0.05, 0.1) is 12.5 Å². The number of aliphatic hydroxyl groups excluding tert-OH is 1. The summed E-state index contributed by atoms with van der Waals surface area (Å²) in [6, 6.07) is 0. The van der Waals surface area contributed by atoms with E-state index in [1.54, 1.807) is 0 Å². The van der Waals surface area contributed by atoms with Crippen LogP contribution >= 0.6 is 0 Å².